The number of amides is 1. The Hall–Kier alpha value is -2.17. The minimum Gasteiger partial charge on any atom is -0.342 e. The molecule has 2 heterocycles. The van der Waals surface area contributed by atoms with Crippen LogP contribution in [0.3, 0.4) is 0 Å². The molecule has 1 atom stereocenters. The molecule has 1 aromatic heterocycles. The summed E-state index contributed by atoms with van der Waals surface area (Å²) >= 11 is 0. The van der Waals surface area contributed by atoms with Crippen molar-refractivity contribution in [3.05, 3.63) is 35.2 Å². The van der Waals surface area contributed by atoms with E-state index in [1.807, 2.05) is 11.8 Å². The summed E-state index contributed by atoms with van der Waals surface area (Å²) < 4.78 is 5.45. The van der Waals surface area contributed by atoms with Crippen LogP contribution in [0.1, 0.15) is 42.7 Å². The third-order valence-corrected chi connectivity index (χ3v) is 4.11. The Kier molecular flexibility index (Phi) is 3.96. The first-order valence-electron chi connectivity index (χ1n) is 7.77. The molecule has 0 radical (unpaired) electrons. The van der Waals surface area contributed by atoms with E-state index in [0.717, 1.165) is 18.5 Å². The molecular formula is C17H21N3O2. The molecule has 0 aliphatic carbocycles. The number of aryl methyl sites for hydroxylation is 2. The Morgan fingerprint density at radius 1 is 1.32 bits per heavy atom. The van der Waals surface area contributed by atoms with Crippen LogP contribution in [0.15, 0.2) is 22.7 Å². The molecule has 1 amide bonds. The van der Waals surface area contributed by atoms with Crippen molar-refractivity contribution in [2.45, 2.75) is 39.5 Å². The molecule has 1 saturated heterocycles. The topological polar surface area (TPSA) is 59.2 Å². The van der Waals surface area contributed by atoms with Gasteiger partial charge >= 0.3 is 0 Å². The van der Waals surface area contributed by atoms with Gasteiger partial charge in [0.25, 0.3) is 0 Å². The summed E-state index contributed by atoms with van der Waals surface area (Å²) in [5.74, 6) is 1.61. The summed E-state index contributed by atoms with van der Waals surface area (Å²) in [5.41, 5.74) is 3.34. The average Bonchev–Trinajstić information content (AvgIpc) is 3.14. The van der Waals surface area contributed by atoms with Crippen LogP contribution in [0.2, 0.25) is 0 Å². The zero-order valence-corrected chi connectivity index (χ0v) is 13.3. The Balaban J connectivity index is 1.78. The van der Waals surface area contributed by atoms with Gasteiger partial charge in [-0.1, -0.05) is 29.3 Å². The predicted octanol–water partition coefficient (Wildman–Crippen LogP) is 3.08. The molecule has 0 unspecified atom stereocenters. The van der Waals surface area contributed by atoms with Crippen molar-refractivity contribution in [3.63, 3.8) is 0 Å². The largest absolute Gasteiger partial charge is 0.342 e. The molecule has 0 bridgehead atoms. The third kappa shape index (κ3) is 2.89. The summed E-state index contributed by atoms with van der Waals surface area (Å²) in [6.07, 6.45) is 1.44. The fourth-order valence-electron chi connectivity index (χ4n) is 3.03. The van der Waals surface area contributed by atoms with Crippen molar-refractivity contribution in [2.24, 2.45) is 0 Å². The van der Waals surface area contributed by atoms with E-state index >= 15 is 0 Å². The van der Waals surface area contributed by atoms with Crippen molar-refractivity contribution >= 4 is 5.91 Å². The zero-order chi connectivity index (χ0) is 15.7. The van der Waals surface area contributed by atoms with E-state index in [9.17, 15) is 4.79 Å². The van der Waals surface area contributed by atoms with Crippen LogP contribution in [0, 0.1) is 13.8 Å². The maximum Gasteiger partial charge on any atom is 0.231 e. The molecule has 1 fully saturated rings. The summed E-state index contributed by atoms with van der Waals surface area (Å²) in [5, 5.41) is 4.11. The molecule has 0 saturated carbocycles. The summed E-state index contributed by atoms with van der Waals surface area (Å²) in [7, 11) is 0. The van der Waals surface area contributed by atoms with Crippen LogP contribution in [0.25, 0.3) is 11.4 Å². The van der Waals surface area contributed by atoms with Gasteiger partial charge in [-0.05, 0) is 32.4 Å². The van der Waals surface area contributed by atoms with E-state index in [2.05, 4.69) is 42.2 Å². The van der Waals surface area contributed by atoms with Gasteiger partial charge in [0.2, 0.25) is 17.6 Å². The maximum absolute atomic E-state index is 11.8. The number of rotatable bonds is 3. The Morgan fingerprint density at radius 3 is 2.73 bits per heavy atom. The number of carbonyl (C=O) groups is 1. The first-order valence-corrected chi connectivity index (χ1v) is 7.77. The molecular weight excluding hydrogens is 278 g/mol. The van der Waals surface area contributed by atoms with Gasteiger partial charge in [0.05, 0.1) is 5.92 Å². The number of benzene rings is 1. The molecule has 1 aliphatic heterocycles. The van der Waals surface area contributed by atoms with Crippen molar-refractivity contribution in [3.8, 4) is 11.4 Å². The second-order valence-electron chi connectivity index (χ2n) is 6.01. The molecule has 0 N–H and O–H groups in total. The maximum atomic E-state index is 11.8. The molecule has 0 spiro atoms. The van der Waals surface area contributed by atoms with E-state index < -0.39 is 0 Å². The van der Waals surface area contributed by atoms with Crippen molar-refractivity contribution in [2.75, 3.05) is 13.1 Å². The normalized spacial score (nSPS) is 18.0. The first kappa shape index (κ1) is 14.8. The molecule has 5 nitrogen and oxygen atoms in total. The van der Waals surface area contributed by atoms with Crippen LogP contribution in [-0.4, -0.2) is 34.0 Å². The molecule has 5 heteroatoms. The van der Waals surface area contributed by atoms with Gasteiger partial charge in [-0.3, -0.25) is 4.79 Å². The van der Waals surface area contributed by atoms with Crippen molar-refractivity contribution < 1.29 is 9.32 Å². The number of carbonyl (C=O) groups excluding carboxylic acids is 1. The minimum absolute atomic E-state index is 0.155. The van der Waals surface area contributed by atoms with Crippen molar-refractivity contribution in [1.29, 1.82) is 0 Å². The van der Waals surface area contributed by atoms with Crippen LogP contribution < -0.4 is 0 Å². The van der Waals surface area contributed by atoms with Crippen LogP contribution in [-0.2, 0) is 4.79 Å². The molecule has 1 aromatic carbocycles. The molecule has 3 rings (SSSR count). The van der Waals surface area contributed by atoms with Gasteiger partial charge in [0, 0.05) is 25.1 Å². The van der Waals surface area contributed by atoms with Gasteiger partial charge in [-0.25, -0.2) is 0 Å². The lowest BCUT2D eigenvalue weighted by Gasteiger charge is -2.13. The molecule has 1 aliphatic rings. The third-order valence-electron chi connectivity index (χ3n) is 4.11. The lowest BCUT2D eigenvalue weighted by molar-refractivity contribution is -0.129. The Morgan fingerprint density at radius 2 is 2.05 bits per heavy atom. The van der Waals surface area contributed by atoms with Crippen molar-refractivity contribution in [1.82, 2.24) is 15.0 Å². The van der Waals surface area contributed by atoms with E-state index in [4.69, 9.17) is 4.52 Å². The van der Waals surface area contributed by atoms with E-state index in [0.29, 0.717) is 24.7 Å². The zero-order valence-electron chi connectivity index (χ0n) is 13.3. The van der Waals surface area contributed by atoms with E-state index in [1.54, 1.807) is 0 Å². The predicted molar refractivity (Wildman–Crippen MR) is 83.4 cm³/mol. The smallest absolute Gasteiger partial charge is 0.231 e. The number of nitrogens with zero attached hydrogens (tertiary/aromatic N) is 3. The van der Waals surface area contributed by atoms with Gasteiger partial charge in [-0.2, -0.15) is 4.98 Å². The van der Waals surface area contributed by atoms with Gasteiger partial charge in [0.15, 0.2) is 0 Å². The van der Waals surface area contributed by atoms with E-state index in [1.165, 1.54) is 11.1 Å². The number of hydrogen-bond donors (Lipinski definition) is 0. The second-order valence-corrected chi connectivity index (χ2v) is 6.01. The van der Waals surface area contributed by atoms with E-state index in [-0.39, 0.29) is 11.8 Å². The molecule has 116 valence electrons. The Labute approximate surface area is 130 Å². The Bertz CT molecular complexity index is 673. The summed E-state index contributed by atoms with van der Waals surface area (Å²) in [6, 6.07) is 6.24. The second kappa shape index (κ2) is 5.91. The number of hydrogen-bond acceptors (Lipinski definition) is 4. The molecule has 22 heavy (non-hydrogen) atoms. The summed E-state index contributed by atoms with van der Waals surface area (Å²) in [4.78, 5) is 18.2. The highest BCUT2D eigenvalue weighted by atomic mass is 16.5. The standard InChI is InChI=1S/C17H21N3O2/c1-4-15(21)20-6-5-13(10-20)17-18-16(19-22-17)14-8-11(2)7-12(3)9-14/h7-9,13H,4-6,10H2,1-3H3/t13-/m0/s1. The van der Waals surface area contributed by atoms with Gasteiger partial charge in [-0.15, -0.1) is 0 Å². The average molecular weight is 299 g/mol. The van der Waals surface area contributed by atoms with Crippen LogP contribution >= 0.6 is 0 Å². The lowest BCUT2D eigenvalue weighted by atomic mass is 10.1. The molecule has 2 aromatic rings. The SMILES string of the molecule is CCC(=O)N1CC[C@H](c2nc(-c3cc(C)cc(C)c3)no2)C1. The number of aromatic nitrogens is 2. The number of likely N-dealkylation sites (tertiary alicyclic amines) is 1. The van der Waals surface area contributed by atoms with Gasteiger partial charge in [0.1, 0.15) is 0 Å². The fraction of sp³-hybridized carbons (Fsp3) is 0.471. The van der Waals surface area contributed by atoms with Gasteiger partial charge < -0.3 is 9.42 Å². The highest BCUT2D eigenvalue weighted by Gasteiger charge is 2.30. The fourth-order valence-corrected chi connectivity index (χ4v) is 3.03. The lowest BCUT2D eigenvalue weighted by Crippen LogP contribution is -2.27. The van der Waals surface area contributed by atoms with Crippen LogP contribution in [0.5, 0.6) is 0 Å². The highest BCUT2D eigenvalue weighted by Crippen LogP contribution is 2.28. The van der Waals surface area contributed by atoms with Crippen LogP contribution in [0.4, 0.5) is 0 Å². The quantitative estimate of drug-likeness (QED) is 0.874. The summed E-state index contributed by atoms with van der Waals surface area (Å²) in [6.45, 7) is 7.46. The highest BCUT2D eigenvalue weighted by molar-refractivity contribution is 5.76. The monoisotopic (exact) mass is 299 g/mol. The first-order chi connectivity index (χ1) is 10.6. The minimum atomic E-state index is 0.155.